The van der Waals surface area contributed by atoms with Gasteiger partial charge in [-0.3, -0.25) is 19.3 Å². The topological polar surface area (TPSA) is 106 Å². The molecule has 0 bridgehead atoms. The molecule has 11 heteroatoms. The zero-order chi connectivity index (χ0) is 30.7. The van der Waals surface area contributed by atoms with E-state index < -0.39 is 17.2 Å². The summed E-state index contributed by atoms with van der Waals surface area (Å²) in [7, 11) is 0. The molecular weight excluding hydrogens is 579 g/mol. The van der Waals surface area contributed by atoms with Gasteiger partial charge in [-0.25, -0.2) is 4.39 Å². The Bertz CT molecular complexity index is 2230. The van der Waals surface area contributed by atoms with Gasteiger partial charge in [0.25, 0.3) is 5.91 Å². The molecule has 6 aromatic rings. The van der Waals surface area contributed by atoms with E-state index in [0.717, 1.165) is 36.8 Å². The number of anilines is 1. The third-order valence-electron chi connectivity index (χ3n) is 9.06. The van der Waals surface area contributed by atoms with E-state index in [-0.39, 0.29) is 27.6 Å². The average Bonchev–Trinajstić information content (AvgIpc) is 3.35. The van der Waals surface area contributed by atoms with E-state index >= 15 is 4.39 Å². The van der Waals surface area contributed by atoms with E-state index in [9.17, 15) is 14.4 Å². The van der Waals surface area contributed by atoms with E-state index in [1.54, 1.807) is 21.4 Å². The van der Waals surface area contributed by atoms with Gasteiger partial charge in [-0.15, -0.1) is 0 Å². The van der Waals surface area contributed by atoms with Gasteiger partial charge in [0.1, 0.15) is 16.8 Å². The van der Waals surface area contributed by atoms with Crippen molar-refractivity contribution >= 4 is 60.7 Å². The smallest absolute Gasteiger partial charge is 0.259 e. The summed E-state index contributed by atoms with van der Waals surface area (Å²) in [5.41, 5.74) is 0.777. The maximum Gasteiger partial charge on any atom is 0.259 e. The van der Waals surface area contributed by atoms with Crippen LogP contribution in [-0.4, -0.2) is 85.8 Å². The Morgan fingerprint density at radius 1 is 0.844 bits per heavy atom. The number of carbonyl (C=O) groups excluding carboxylic acids is 1. The van der Waals surface area contributed by atoms with Crippen molar-refractivity contribution in [2.24, 2.45) is 0 Å². The molecule has 230 valence electrons. The molecule has 1 N–H and O–H groups in total. The number of hydrogen-bond acceptors (Lipinski definition) is 8. The van der Waals surface area contributed by atoms with Crippen molar-refractivity contribution in [3.8, 4) is 0 Å². The second-order valence-electron chi connectivity index (χ2n) is 11.7. The molecule has 2 aromatic heterocycles. The van der Waals surface area contributed by atoms with Gasteiger partial charge in [-0.2, -0.15) is 0 Å². The van der Waals surface area contributed by atoms with E-state index in [4.69, 9.17) is 13.9 Å². The lowest BCUT2D eigenvalue weighted by atomic mass is 10.1. The molecule has 2 fully saturated rings. The quantitative estimate of drug-likeness (QED) is 0.171. The average molecular weight is 611 g/mol. The van der Waals surface area contributed by atoms with Gasteiger partial charge in [0.05, 0.1) is 37.3 Å². The molecule has 8 rings (SSSR count). The van der Waals surface area contributed by atoms with Crippen LogP contribution >= 0.6 is 0 Å². The van der Waals surface area contributed by atoms with Crippen LogP contribution in [-0.2, 0) is 9.47 Å². The zero-order valence-corrected chi connectivity index (χ0v) is 24.6. The lowest BCUT2D eigenvalue weighted by molar-refractivity contribution is 0.0302. The summed E-state index contributed by atoms with van der Waals surface area (Å²) in [6.07, 6.45) is 2.29. The van der Waals surface area contributed by atoms with Crippen molar-refractivity contribution in [1.82, 2.24) is 14.2 Å². The summed E-state index contributed by atoms with van der Waals surface area (Å²) in [6.45, 7) is 5.90. The Labute approximate surface area is 255 Å². The molecule has 0 saturated carbocycles. The second-order valence-corrected chi connectivity index (χ2v) is 11.7. The van der Waals surface area contributed by atoms with E-state index in [1.807, 2.05) is 24.3 Å². The van der Waals surface area contributed by atoms with Gasteiger partial charge in [-0.1, -0.05) is 24.3 Å². The number of nitrogens with one attached hydrogen (secondary N) is 1. The van der Waals surface area contributed by atoms with Gasteiger partial charge in [0.2, 0.25) is 5.43 Å². The molecule has 10 nitrogen and oxygen atoms in total. The summed E-state index contributed by atoms with van der Waals surface area (Å²) in [5, 5.41) is 5.86. The van der Waals surface area contributed by atoms with Crippen molar-refractivity contribution in [2.75, 3.05) is 71.0 Å². The number of carbonyl (C=O) groups is 1. The predicted octanol–water partition coefficient (Wildman–Crippen LogP) is 4.05. The van der Waals surface area contributed by atoms with Crippen LogP contribution in [0.1, 0.15) is 16.8 Å². The number of morpholine rings is 2. The number of aromatic nitrogens is 1. The molecule has 45 heavy (non-hydrogen) atoms. The highest BCUT2D eigenvalue weighted by Gasteiger charge is 2.27. The normalized spacial score (nSPS) is 16.5. The van der Waals surface area contributed by atoms with Crippen molar-refractivity contribution in [1.29, 1.82) is 0 Å². The maximum atomic E-state index is 15.9. The Morgan fingerprint density at radius 2 is 1.58 bits per heavy atom. The molecule has 4 aromatic carbocycles. The molecule has 0 aliphatic carbocycles. The molecule has 0 spiro atoms. The Kier molecular flexibility index (Phi) is 6.89. The first-order chi connectivity index (χ1) is 22.0. The summed E-state index contributed by atoms with van der Waals surface area (Å²) in [4.78, 5) is 44.8. The monoisotopic (exact) mass is 610 g/mol. The van der Waals surface area contributed by atoms with Crippen LogP contribution in [0.4, 0.5) is 10.1 Å². The molecule has 2 aliphatic heterocycles. The summed E-state index contributed by atoms with van der Waals surface area (Å²) >= 11 is 0. The summed E-state index contributed by atoms with van der Waals surface area (Å²) < 4.78 is 34.9. The van der Waals surface area contributed by atoms with Gasteiger partial charge < -0.3 is 28.5 Å². The van der Waals surface area contributed by atoms with Crippen LogP contribution < -0.4 is 16.2 Å². The van der Waals surface area contributed by atoms with Crippen molar-refractivity contribution in [3.63, 3.8) is 0 Å². The number of halogens is 1. The first-order valence-electron chi connectivity index (χ1n) is 15.3. The van der Waals surface area contributed by atoms with Crippen LogP contribution in [0, 0.1) is 5.82 Å². The highest BCUT2D eigenvalue weighted by Crippen LogP contribution is 2.36. The third-order valence-corrected chi connectivity index (χ3v) is 9.06. The number of fused-ring (bicyclic) bond motifs is 5. The van der Waals surface area contributed by atoms with Crippen molar-refractivity contribution in [3.05, 3.63) is 80.5 Å². The van der Waals surface area contributed by atoms with Crippen LogP contribution in [0.3, 0.4) is 0 Å². The molecule has 2 saturated heterocycles. The Balaban J connectivity index is 1.33. The minimum Gasteiger partial charge on any atom is -0.451 e. The van der Waals surface area contributed by atoms with Gasteiger partial charge in [0.15, 0.2) is 22.4 Å². The third kappa shape index (κ3) is 4.61. The van der Waals surface area contributed by atoms with Crippen molar-refractivity contribution < 1.29 is 23.1 Å². The SMILES string of the molecule is O=C(c1cn2c3cc4c(cc3oc3c(NCCCN5CCOCC5)c(F)cc(c1=O)c32)c(=O)c1ccccc14)N1CCOCC1. The molecule has 4 heterocycles. The number of nitrogens with zero attached hydrogens (tertiary/aromatic N) is 3. The number of pyridine rings is 1. The number of rotatable bonds is 6. The first-order valence-corrected chi connectivity index (χ1v) is 15.3. The molecule has 2 aliphatic rings. The molecular formula is C34H31FN4O6. The van der Waals surface area contributed by atoms with E-state index in [1.165, 1.54) is 12.3 Å². The first kappa shape index (κ1) is 27.9. The second kappa shape index (κ2) is 11.1. The fourth-order valence-corrected chi connectivity index (χ4v) is 6.73. The Morgan fingerprint density at radius 3 is 2.36 bits per heavy atom. The summed E-state index contributed by atoms with van der Waals surface area (Å²) in [6, 6.07) is 12.1. The highest BCUT2D eigenvalue weighted by molar-refractivity contribution is 6.15. The van der Waals surface area contributed by atoms with Crippen LogP contribution in [0.15, 0.2) is 62.7 Å². The molecule has 1 amide bonds. The zero-order valence-electron chi connectivity index (χ0n) is 24.6. The fourth-order valence-electron chi connectivity index (χ4n) is 6.73. The largest absolute Gasteiger partial charge is 0.451 e. The van der Waals surface area contributed by atoms with Crippen LogP contribution in [0.2, 0.25) is 0 Å². The molecule has 0 unspecified atom stereocenters. The maximum absolute atomic E-state index is 15.9. The van der Waals surface area contributed by atoms with Gasteiger partial charge in [-0.05, 0) is 41.9 Å². The Hall–Kier alpha value is -4.58. The van der Waals surface area contributed by atoms with Gasteiger partial charge in [0, 0.05) is 49.7 Å². The van der Waals surface area contributed by atoms with Crippen LogP contribution in [0.5, 0.6) is 0 Å². The molecule has 0 radical (unpaired) electrons. The summed E-state index contributed by atoms with van der Waals surface area (Å²) in [5.74, 6) is -1.09. The number of hydrogen-bond donors (Lipinski definition) is 1. The van der Waals surface area contributed by atoms with E-state index in [2.05, 4.69) is 10.2 Å². The number of ether oxygens (including phenoxy) is 2. The van der Waals surface area contributed by atoms with Crippen LogP contribution in [0.25, 0.3) is 49.1 Å². The standard InChI is InChI=1S/C34H31FN4O6/c35-26-16-24-30-33(29(26)36-6-3-7-37-8-12-43-13-9-37)45-28-18-23-22(20-4-1-2-5-21(20)31(23)40)17-27(28)39(30)19-25(32(24)41)34(42)38-10-14-44-15-11-38/h1-2,4-5,16-19,36H,3,6-15H2. The highest BCUT2D eigenvalue weighted by atomic mass is 19.1. The lowest BCUT2D eigenvalue weighted by Gasteiger charge is -2.27. The van der Waals surface area contributed by atoms with Gasteiger partial charge >= 0.3 is 0 Å². The van der Waals surface area contributed by atoms with E-state index in [0.29, 0.717) is 73.5 Å². The minimum atomic E-state index is -0.656. The lowest BCUT2D eigenvalue weighted by Crippen LogP contribution is -2.42. The van der Waals surface area contributed by atoms with Crippen molar-refractivity contribution in [2.45, 2.75) is 6.42 Å². The number of amides is 1. The fraction of sp³-hybridized carbons (Fsp3) is 0.324. The number of benzene rings is 3. The molecule has 0 atom stereocenters. The minimum absolute atomic E-state index is 0.0445. The predicted molar refractivity (Wildman–Crippen MR) is 170 cm³/mol.